The first-order chi connectivity index (χ1) is 12.8. The van der Waals surface area contributed by atoms with Crippen molar-refractivity contribution in [2.45, 2.75) is 37.6 Å². The van der Waals surface area contributed by atoms with Crippen molar-refractivity contribution >= 4 is 51.2 Å². The third kappa shape index (κ3) is 3.44. The Hall–Kier alpha value is -2.38. The molecule has 0 aromatic carbocycles. The summed E-state index contributed by atoms with van der Waals surface area (Å²) in [6, 6.07) is 1.37. The molecular weight excluding hydrogens is 473 g/mol. The molecule has 142 valence electrons. The number of rotatable bonds is 3. The number of aromatic amines is 1. The number of fused-ring (bicyclic) bond motifs is 1. The molecule has 0 spiro atoms. The van der Waals surface area contributed by atoms with Gasteiger partial charge in [0.1, 0.15) is 12.1 Å². The predicted molar refractivity (Wildman–Crippen MR) is 101 cm³/mol. The number of nitrogens with zero attached hydrogens (tertiary/aromatic N) is 5. The van der Waals surface area contributed by atoms with Crippen LogP contribution in [0.25, 0.3) is 11.0 Å². The van der Waals surface area contributed by atoms with E-state index in [9.17, 15) is 13.6 Å². The van der Waals surface area contributed by atoms with E-state index in [1.807, 2.05) is 22.6 Å². The Labute approximate surface area is 165 Å². The van der Waals surface area contributed by atoms with Crippen LogP contribution in [0, 0.1) is 3.70 Å². The molecule has 0 unspecified atom stereocenters. The van der Waals surface area contributed by atoms with Crippen molar-refractivity contribution in [1.82, 2.24) is 29.9 Å². The summed E-state index contributed by atoms with van der Waals surface area (Å²) in [4.78, 5) is 20.8. The second-order valence-corrected chi connectivity index (χ2v) is 7.56. The smallest absolute Gasteiger partial charge is 0.278 e. The molecule has 3 heterocycles. The highest BCUT2D eigenvalue weighted by Crippen LogP contribution is 2.39. The quantitative estimate of drug-likeness (QED) is 0.487. The van der Waals surface area contributed by atoms with Gasteiger partial charge in [-0.1, -0.05) is 0 Å². The second-order valence-electron chi connectivity index (χ2n) is 6.39. The Bertz CT molecular complexity index is 1010. The Kier molecular flexibility index (Phi) is 4.44. The van der Waals surface area contributed by atoms with Crippen LogP contribution >= 0.6 is 22.6 Å². The molecule has 1 amide bonds. The van der Waals surface area contributed by atoms with Gasteiger partial charge in [-0.15, -0.1) is 0 Å². The number of anilines is 2. The zero-order valence-electron chi connectivity index (χ0n) is 13.9. The summed E-state index contributed by atoms with van der Waals surface area (Å²) in [6.45, 7) is 0. The van der Waals surface area contributed by atoms with Crippen LogP contribution in [-0.2, 0) is 0 Å². The van der Waals surface area contributed by atoms with Crippen LogP contribution in [0.2, 0.25) is 0 Å². The fourth-order valence-electron chi connectivity index (χ4n) is 3.22. The van der Waals surface area contributed by atoms with E-state index in [1.165, 1.54) is 11.0 Å². The molecule has 4 N–H and O–H groups in total. The lowest BCUT2D eigenvalue weighted by Crippen LogP contribution is -2.27. The van der Waals surface area contributed by atoms with Crippen LogP contribution in [-0.4, -0.2) is 41.8 Å². The van der Waals surface area contributed by atoms with Gasteiger partial charge in [-0.3, -0.25) is 9.89 Å². The minimum atomic E-state index is -2.66. The maximum atomic E-state index is 13.5. The molecule has 3 aromatic heterocycles. The van der Waals surface area contributed by atoms with Crippen molar-refractivity contribution in [2.24, 2.45) is 0 Å². The largest absolute Gasteiger partial charge is 0.383 e. The van der Waals surface area contributed by atoms with Crippen LogP contribution in [0.4, 0.5) is 20.4 Å². The molecule has 4 rings (SSSR count). The van der Waals surface area contributed by atoms with Gasteiger partial charge in [-0.2, -0.15) is 10.2 Å². The molecule has 0 bridgehead atoms. The summed E-state index contributed by atoms with van der Waals surface area (Å²) in [7, 11) is 0. The first-order valence-electron chi connectivity index (χ1n) is 8.23. The summed E-state index contributed by atoms with van der Waals surface area (Å²) in [5.41, 5.74) is 6.35. The Morgan fingerprint density at radius 3 is 2.78 bits per heavy atom. The lowest BCUT2D eigenvalue weighted by molar-refractivity contribution is -0.0446. The normalized spacial score (nSPS) is 17.3. The lowest BCUT2D eigenvalue weighted by atomic mass is 9.92. The number of alkyl halides is 2. The number of nitrogen functional groups attached to an aromatic ring is 1. The number of H-pyrrole nitrogens is 1. The summed E-state index contributed by atoms with van der Waals surface area (Å²) in [5.74, 6) is -2.75. The van der Waals surface area contributed by atoms with Gasteiger partial charge in [0, 0.05) is 18.9 Å². The number of aromatic nitrogens is 6. The number of hydrogen-bond donors (Lipinski definition) is 3. The van der Waals surface area contributed by atoms with Crippen LogP contribution < -0.4 is 11.1 Å². The fraction of sp³-hybridized carbons (Fsp3) is 0.400. The maximum absolute atomic E-state index is 13.5. The first-order valence-corrected chi connectivity index (χ1v) is 9.31. The zero-order valence-corrected chi connectivity index (χ0v) is 16.1. The lowest BCUT2D eigenvalue weighted by Gasteiger charge is -2.28. The number of nitrogens with two attached hydrogens (primary N) is 1. The third-order valence-electron chi connectivity index (χ3n) is 4.55. The minimum Gasteiger partial charge on any atom is -0.383 e. The van der Waals surface area contributed by atoms with E-state index >= 15 is 0 Å². The van der Waals surface area contributed by atoms with Gasteiger partial charge in [0.2, 0.25) is 5.92 Å². The molecule has 1 aliphatic rings. The molecule has 1 fully saturated rings. The van der Waals surface area contributed by atoms with Crippen molar-refractivity contribution in [2.75, 3.05) is 11.1 Å². The molecule has 0 atom stereocenters. The van der Waals surface area contributed by atoms with E-state index in [1.54, 1.807) is 6.07 Å². The van der Waals surface area contributed by atoms with Gasteiger partial charge in [0.25, 0.3) is 5.91 Å². The Morgan fingerprint density at radius 1 is 1.37 bits per heavy atom. The average Bonchev–Trinajstić information content (AvgIpc) is 3.20. The van der Waals surface area contributed by atoms with Crippen molar-refractivity contribution in [3.8, 4) is 0 Å². The Balaban J connectivity index is 1.72. The van der Waals surface area contributed by atoms with E-state index in [0.717, 1.165) is 3.70 Å². The molecule has 27 heavy (non-hydrogen) atoms. The highest BCUT2D eigenvalue weighted by molar-refractivity contribution is 14.1. The number of carbonyl (C=O) groups is 1. The maximum Gasteiger partial charge on any atom is 0.278 e. The van der Waals surface area contributed by atoms with E-state index in [2.05, 4.69) is 30.6 Å². The number of nitrogens with one attached hydrogen (secondary N) is 2. The molecule has 1 saturated carbocycles. The second kappa shape index (κ2) is 6.65. The molecule has 12 heteroatoms. The van der Waals surface area contributed by atoms with Crippen molar-refractivity contribution in [1.29, 1.82) is 0 Å². The number of amides is 1. The SMILES string of the molecule is Nc1ncnc2c1c(C(=O)Nc1cc(I)[nH]n1)nn2C1CCC(F)(F)CC1. The Morgan fingerprint density at radius 2 is 2.11 bits per heavy atom. The van der Waals surface area contributed by atoms with Gasteiger partial charge in [-0.25, -0.2) is 23.4 Å². The van der Waals surface area contributed by atoms with E-state index < -0.39 is 11.8 Å². The molecule has 1 aliphatic carbocycles. The standard InChI is InChI=1S/C15H15F2IN8O/c16-15(17)3-1-7(2-4-15)26-13-10(12(19)20-6-21-13)11(25-26)14(27)22-9-5-8(18)23-24-9/h5-7H,1-4H2,(H2,19,20,21)(H2,22,23,24,27). The summed E-state index contributed by atoms with van der Waals surface area (Å²) >= 11 is 2.03. The van der Waals surface area contributed by atoms with Crippen LogP contribution in [0.5, 0.6) is 0 Å². The van der Waals surface area contributed by atoms with E-state index in [-0.39, 0.29) is 43.2 Å². The number of hydrogen-bond acceptors (Lipinski definition) is 6. The highest BCUT2D eigenvalue weighted by Gasteiger charge is 2.37. The van der Waals surface area contributed by atoms with Gasteiger partial charge in [0.15, 0.2) is 17.2 Å². The van der Waals surface area contributed by atoms with Gasteiger partial charge in [-0.05, 0) is 35.4 Å². The van der Waals surface area contributed by atoms with Gasteiger partial charge in [0.05, 0.1) is 15.1 Å². The molecule has 0 radical (unpaired) electrons. The van der Waals surface area contributed by atoms with Gasteiger partial charge >= 0.3 is 0 Å². The van der Waals surface area contributed by atoms with E-state index in [0.29, 0.717) is 16.9 Å². The minimum absolute atomic E-state index is 0.0402. The fourth-order valence-corrected chi connectivity index (χ4v) is 3.63. The zero-order chi connectivity index (χ0) is 19.2. The van der Waals surface area contributed by atoms with Crippen LogP contribution in [0.15, 0.2) is 12.4 Å². The third-order valence-corrected chi connectivity index (χ3v) is 5.11. The molecule has 9 nitrogen and oxygen atoms in total. The monoisotopic (exact) mass is 488 g/mol. The number of carbonyl (C=O) groups excluding carboxylic acids is 1. The molecule has 0 aliphatic heterocycles. The number of halogens is 3. The van der Waals surface area contributed by atoms with Crippen molar-refractivity contribution in [3.63, 3.8) is 0 Å². The average molecular weight is 488 g/mol. The highest BCUT2D eigenvalue weighted by atomic mass is 127. The topological polar surface area (TPSA) is 127 Å². The summed E-state index contributed by atoms with van der Waals surface area (Å²) in [6.07, 6.45) is 1.29. The van der Waals surface area contributed by atoms with E-state index in [4.69, 9.17) is 5.73 Å². The molecule has 3 aromatic rings. The molecule has 0 saturated heterocycles. The van der Waals surface area contributed by atoms with Crippen molar-refractivity contribution < 1.29 is 13.6 Å². The first kappa shape index (κ1) is 18.0. The summed E-state index contributed by atoms with van der Waals surface area (Å²) < 4.78 is 29.3. The van der Waals surface area contributed by atoms with Gasteiger partial charge < -0.3 is 11.1 Å². The predicted octanol–water partition coefficient (Wildman–Crippen LogP) is 2.74. The summed E-state index contributed by atoms with van der Waals surface area (Å²) in [5, 5.41) is 14.0. The molecular formula is C15H15F2IN8O. The van der Waals surface area contributed by atoms with Crippen LogP contribution in [0.3, 0.4) is 0 Å². The van der Waals surface area contributed by atoms with Crippen LogP contribution in [0.1, 0.15) is 42.2 Å². The van der Waals surface area contributed by atoms with Crippen molar-refractivity contribution in [3.05, 3.63) is 21.8 Å².